The number of pyridine rings is 3. The fourth-order valence-electron chi connectivity index (χ4n) is 3.77. The molecule has 4 aromatic heterocycles. The molecule has 3 N–H and O–H groups in total. The number of aromatic nitrogens is 4. The molecule has 0 radical (unpaired) electrons. The van der Waals surface area contributed by atoms with Crippen molar-refractivity contribution in [3.63, 3.8) is 0 Å². The number of anilines is 2. The number of carbonyl (C=O) groups is 2. The van der Waals surface area contributed by atoms with Gasteiger partial charge in [-0.25, -0.2) is 19.7 Å². The number of amides is 1. The van der Waals surface area contributed by atoms with E-state index in [0.717, 1.165) is 0 Å². The molecule has 1 saturated heterocycles. The van der Waals surface area contributed by atoms with Gasteiger partial charge in [-0.15, -0.1) is 11.3 Å². The fraction of sp³-hybridized carbons (Fsp3) is 0.182. The van der Waals surface area contributed by atoms with E-state index in [9.17, 15) is 19.5 Å². The molecule has 0 bridgehead atoms. The number of hydrogen-bond acceptors (Lipinski definition) is 9. The quantitative estimate of drug-likeness (QED) is 0.354. The van der Waals surface area contributed by atoms with Gasteiger partial charge in [-0.3, -0.25) is 25.0 Å². The lowest BCUT2D eigenvalue weighted by molar-refractivity contribution is -0.125. The van der Waals surface area contributed by atoms with Gasteiger partial charge in [0.25, 0.3) is 0 Å². The van der Waals surface area contributed by atoms with E-state index >= 15 is 0 Å². The van der Waals surface area contributed by atoms with Gasteiger partial charge in [0.1, 0.15) is 17.2 Å². The van der Waals surface area contributed by atoms with Crippen LogP contribution in [0.1, 0.15) is 15.9 Å². The third-order valence-corrected chi connectivity index (χ3v) is 6.32. The molecule has 0 saturated carbocycles. The lowest BCUT2D eigenvalue weighted by atomic mass is 9.99. The van der Waals surface area contributed by atoms with Crippen LogP contribution in [-0.4, -0.2) is 49.6 Å². The third kappa shape index (κ3) is 3.83. The van der Waals surface area contributed by atoms with E-state index in [1.165, 1.54) is 22.1 Å². The molecule has 34 heavy (non-hydrogen) atoms. The van der Waals surface area contributed by atoms with Crippen molar-refractivity contribution < 1.29 is 14.7 Å². The maximum atomic E-state index is 12.9. The van der Waals surface area contributed by atoms with Crippen LogP contribution in [-0.2, 0) is 4.79 Å². The van der Waals surface area contributed by atoms with Crippen LogP contribution in [0.5, 0.6) is 0 Å². The molecule has 5 rings (SSSR count). The number of aryl methyl sites for hydroxylation is 1. The number of thiazole rings is 1. The highest BCUT2D eigenvalue weighted by Crippen LogP contribution is 2.28. The van der Waals surface area contributed by atoms with Crippen LogP contribution < -0.4 is 21.2 Å². The largest absolute Gasteiger partial charge is 0.477 e. The van der Waals surface area contributed by atoms with Crippen LogP contribution >= 0.6 is 11.3 Å². The summed E-state index contributed by atoms with van der Waals surface area (Å²) < 4.78 is 1.53. The summed E-state index contributed by atoms with van der Waals surface area (Å²) in [6, 6.07) is 7.07. The molecule has 11 nitrogen and oxygen atoms in total. The van der Waals surface area contributed by atoms with Gasteiger partial charge in [-0.2, -0.15) is 0 Å². The van der Waals surface area contributed by atoms with E-state index in [0.29, 0.717) is 41.1 Å². The molecule has 1 aliphatic heterocycles. The average Bonchev–Trinajstić information content (AvgIpc) is 3.32. The van der Waals surface area contributed by atoms with Crippen molar-refractivity contribution in [1.82, 2.24) is 24.9 Å². The second kappa shape index (κ2) is 8.56. The van der Waals surface area contributed by atoms with Gasteiger partial charge in [-0.1, -0.05) is 6.07 Å². The van der Waals surface area contributed by atoms with Gasteiger partial charge >= 0.3 is 5.97 Å². The predicted molar refractivity (Wildman–Crippen MR) is 126 cm³/mol. The first-order valence-corrected chi connectivity index (χ1v) is 11.2. The number of rotatable bonds is 6. The molecule has 1 fully saturated rings. The molecule has 1 amide bonds. The van der Waals surface area contributed by atoms with Gasteiger partial charge in [0.15, 0.2) is 10.8 Å². The number of nitrogens with zero attached hydrogens (tertiary/aromatic N) is 5. The molecule has 4 aromatic rings. The zero-order chi connectivity index (χ0) is 23.8. The summed E-state index contributed by atoms with van der Waals surface area (Å²) in [6.45, 7) is 2.64. The zero-order valence-electron chi connectivity index (χ0n) is 17.9. The van der Waals surface area contributed by atoms with Crippen molar-refractivity contribution >= 4 is 45.9 Å². The van der Waals surface area contributed by atoms with E-state index in [1.807, 2.05) is 11.0 Å². The summed E-state index contributed by atoms with van der Waals surface area (Å²) in [5.74, 6) is -0.578. The Kier molecular flexibility index (Phi) is 5.42. The molecule has 5 heterocycles. The van der Waals surface area contributed by atoms with Gasteiger partial charge in [0.05, 0.1) is 11.3 Å². The van der Waals surface area contributed by atoms with Crippen molar-refractivity contribution in [3.05, 3.63) is 69.6 Å². The Morgan fingerprint density at radius 1 is 1.21 bits per heavy atom. The fourth-order valence-corrected chi connectivity index (χ4v) is 4.39. The van der Waals surface area contributed by atoms with Gasteiger partial charge in [-0.05, 0) is 30.7 Å². The topological polar surface area (TPSA) is 142 Å². The Morgan fingerprint density at radius 2 is 2.03 bits per heavy atom. The molecule has 0 aromatic carbocycles. The highest BCUT2D eigenvalue weighted by atomic mass is 32.1. The first-order valence-electron chi connectivity index (χ1n) is 10.3. The Hall–Kier alpha value is -4.32. The van der Waals surface area contributed by atoms with Crippen LogP contribution in [0.2, 0.25) is 0 Å². The monoisotopic (exact) mass is 477 g/mol. The van der Waals surface area contributed by atoms with Crippen molar-refractivity contribution in [2.45, 2.75) is 6.92 Å². The van der Waals surface area contributed by atoms with E-state index in [-0.39, 0.29) is 22.8 Å². The Balaban J connectivity index is 1.42. The second-order valence-corrected chi connectivity index (χ2v) is 8.66. The molecule has 0 aliphatic carbocycles. The van der Waals surface area contributed by atoms with Crippen LogP contribution in [0.15, 0.2) is 53.0 Å². The molecule has 12 heteroatoms. The van der Waals surface area contributed by atoms with Crippen LogP contribution in [0.25, 0.3) is 16.2 Å². The first-order chi connectivity index (χ1) is 16.4. The second-order valence-electron chi connectivity index (χ2n) is 7.79. The van der Waals surface area contributed by atoms with Crippen molar-refractivity contribution in [2.24, 2.45) is 5.92 Å². The minimum Gasteiger partial charge on any atom is -0.477 e. The number of carboxylic acids is 1. The number of hydrazine groups is 1. The SMILES string of the molecule is Cc1cc(N2CC(C(=O)NNc3ccccn3)C2)nc2c1c(=O)c(C(=O)O)cn2-c1nccs1. The van der Waals surface area contributed by atoms with Crippen LogP contribution in [0, 0.1) is 12.8 Å². The maximum absolute atomic E-state index is 12.9. The first kappa shape index (κ1) is 21.5. The summed E-state index contributed by atoms with van der Waals surface area (Å²) in [7, 11) is 0. The van der Waals surface area contributed by atoms with Crippen molar-refractivity contribution in [1.29, 1.82) is 0 Å². The summed E-state index contributed by atoms with van der Waals surface area (Å²) >= 11 is 1.30. The number of fused-ring (bicyclic) bond motifs is 1. The Labute approximate surface area is 196 Å². The number of nitrogens with one attached hydrogen (secondary N) is 2. The summed E-state index contributed by atoms with van der Waals surface area (Å²) in [6.07, 6.45) is 4.48. The highest BCUT2D eigenvalue weighted by molar-refractivity contribution is 7.12. The number of aromatic carboxylic acids is 1. The summed E-state index contributed by atoms with van der Waals surface area (Å²) in [5, 5.41) is 12.0. The lowest BCUT2D eigenvalue weighted by Gasteiger charge is -2.39. The molecule has 0 spiro atoms. The third-order valence-electron chi connectivity index (χ3n) is 5.55. The average molecular weight is 478 g/mol. The van der Waals surface area contributed by atoms with E-state index < -0.39 is 11.4 Å². The standard InChI is InChI=1S/C22H19N7O4S/c1-12-8-16(28-9-13(10-28)20(31)27-26-15-4-2-3-5-23-15)25-19-17(12)18(30)14(21(32)33)11-29(19)22-24-6-7-34-22/h2-8,11,13H,9-10H2,1H3,(H,23,26)(H,27,31)(H,32,33). The van der Waals surface area contributed by atoms with Crippen LogP contribution in [0.3, 0.4) is 0 Å². The zero-order valence-corrected chi connectivity index (χ0v) is 18.7. The molecule has 0 unspecified atom stereocenters. The Morgan fingerprint density at radius 3 is 2.71 bits per heavy atom. The van der Waals surface area contributed by atoms with Crippen LogP contribution in [0.4, 0.5) is 11.6 Å². The van der Waals surface area contributed by atoms with Gasteiger partial charge < -0.3 is 10.0 Å². The number of hydrogen-bond donors (Lipinski definition) is 3. The smallest absolute Gasteiger partial charge is 0.341 e. The predicted octanol–water partition coefficient (Wildman–Crippen LogP) is 1.82. The summed E-state index contributed by atoms with van der Waals surface area (Å²) in [4.78, 5) is 51.9. The molecule has 1 aliphatic rings. The van der Waals surface area contributed by atoms with Gasteiger partial charge in [0.2, 0.25) is 11.3 Å². The lowest BCUT2D eigenvalue weighted by Crippen LogP contribution is -2.55. The van der Waals surface area contributed by atoms with Crippen molar-refractivity contribution in [3.8, 4) is 5.13 Å². The molecular weight excluding hydrogens is 458 g/mol. The van der Waals surface area contributed by atoms with Gasteiger partial charge in [0, 0.05) is 37.1 Å². The Bertz CT molecular complexity index is 1450. The molecular formula is C22H19N7O4S. The van der Waals surface area contributed by atoms with Crippen molar-refractivity contribution in [2.75, 3.05) is 23.4 Å². The highest BCUT2D eigenvalue weighted by Gasteiger charge is 2.34. The molecule has 0 atom stereocenters. The minimum absolute atomic E-state index is 0.162. The summed E-state index contributed by atoms with van der Waals surface area (Å²) in [5.41, 5.74) is 5.44. The van der Waals surface area contributed by atoms with E-state index in [1.54, 1.807) is 42.9 Å². The maximum Gasteiger partial charge on any atom is 0.341 e. The normalized spacial score (nSPS) is 13.5. The number of carboxylic acid groups (broad SMARTS) is 1. The molecule has 172 valence electrons. The minimum atomic E-state index is -1.31. The van der Waals surface area contributed by atoms with E-state index in [2.05, 4.69) is 25.8 Å². The van der Waals surface area contributed by atoms with E-state index in [4.69, 9.17) is 0 Å². The number of carbonyl (C=O) groups excluding carboxylic acids is 1.